The first-order valence-electron chi connectivity index (χ1n) is 5.55. The number of nitrogens with one attached hydrogen (secondary N) is 1. The van der Waals surface area contributed by atoms with E-state index in [1.807, 2.05) is 0 Å². The number of hydrogen-bond donors (Lipinski definition) is 2. The lowest BCUT2D eigenvalue weighted by Crippen LogP contribution is -2.26. The second kappa shape index (κ2) is 9.14. The van der Waals surface area contributed by atoms with E-state index >= 15 is 0 Å². The van der Waals surface area contributed by atoms with Crippen molar-refractivity contribution in [2.75, 3.05) is 13.1 Å². The van der Waals surface area contributed by atoms with Crippen molar-refractivity contribution in [1.82, 2.24) is 5.32 Å². The number of benzene rings is 1. The molecule has 0 aromatic heterocycles. The molecular formula is C12H17Cl2FN2O. The third kappa shape index (κ3) is 5.67. The van der Waals surface area contributed by atoms with E-state index in [0.29, 0.717) is 13.1 Å². The molecule has 0 atom stereocenters. The molecule has 3 N–H and O–H groups in total. The summed E-state index contributed by atoms with van der Waals surface area (Å²) in [5.74, 6) is -0.677. The molecule has 0 radical (unpaired) electrons. The lowest BCUT2D eigenvalue weighted by atomic mass is 10.1. The van der Waals surface area contributed by atoms with Gasteiger partial charge in [0.05, 0.1) is 6.42 Å². The van der Waals surface area contributed by atoms with Crippen LogP contribution in [-0.2, 0) is 11.2 Å². The molecule has 0 unspecified atom stereocenters. The first-order valence-corrected chi connectivity index (χ1v) is 5.92. The Balaban J connectivity index is 0.00000289. The van der Waals surface area contributed by atoms with Crippen molar-refractivity contribution in [1.29, 1.82) is 0 Å². The van der Waals surface area contributed by atoms with E-state index in [9.17, 15) is 9.18 Å². The molecular weight excluding hydrogens is 278 g/mol. The highest BCUT2D eigenvalue weighted by Gasteiger charge is 2.11. The average Bonchev–Trinajstić information content (AvgIpc) is 2.30. The van der Waals surface area contributed by atoms with Crippen molar-refractivity contribution in [2.24, 2.45) is 5.73 Å². The molecule has 1 rings (SSSR count). The quantitative estimate of drug-likeness (QED) is 0.791. The van der Waals surface area contributed by atoms with E-state index < -0.39 is 5.82 Å². The smallest absolute Gasteiger partial charge is 0.224 e. The first kappa shape index (κ1) is 17.2. The zero-order valence-electron chi connectivity index (χ0n) is 9.92. The van der Waals surface area contributed by atoms with E-state index in [2.05, 4.69) is 5.32 Å². The Hall–Kier alpha value is -0.840. The van der Waals surface area contributed by atoms with Gasteiger partial charge in [0.25, 0.3) is 0 Å². The molecule has 0 spiro atoms. The van der Waals surface area contributed by atoms with Gasteiger partial charge in [-0.25, -0.2) is 4.39 Å². The molecule has 0 heterocycles. The second-order valence-electron chi connectivity index (χ2n) is 3.72. The van der Waals surface area contributed by atoms with Crippen molar-refractivity contribution < 1.29 is 9.18 Å². The van der Waals surface area contributed by atoms with Crippen LogP contribution >= 0.6 is 24.0 Å². The van der Waals surface area contributed by atoms with Crippen LogP contribution in [0.15, 0.2) is 18.2 Å². The summed E-state index contributed by atoms with van der Waals surface area (Å²) in [6.07, 6.45) is 1.65. The lowest BCUT2D eigenvalue weighted by Gasteiger charge is -2.07. The molecule has 0 fully saturated rings. The first-order chi connectivity index (χ1) is 8.15. The number of amides is 1. The number of rotatable bonds is 6. The molecule has 0 bridgehead atoms. The number of carbonyl (C=O) groups is 1. The number of hydrogen-bond acceptors (Lipinski definition) is 2. The topological polar surface area (TPSA) is 55.1 Å². The Morgan fingerprint density at radius 2 is 2.11 bits per heavy atom. The summed E-state index contributed by atoms with van der Waals surface area (Å²) in [6, 6.07) is 4.38. The molecule has 0 saturated heterocycles. The fourth-order valence-electron chi connectivity index (χ4n) is 1.42. The van der Waals surface area contributed by atoms with Crippen molar-refractivity contribution >= 4 is 29.9 Å². The summed E-state index contributed by atoms with van der Waals surface area (Å²) >= 11 is 5.82. The Labute approximate surface area is 117 Å². The summed E-state index contributed by atoms with van der Waals surface area (Å²) in [7, 11) is 0. The fourth-order valence-corrected chi connectivity index (χ4v) is 1.65. The van der Waals surface area contributed by atoms with Gasteiger partial charge in [0.1, 0.15) is 5.82 Å². The molecule has 6 heteroatoms. The average molecular weight is 295 g/mol. The van der Waals surface area contributed by atoms with Crippen LogP contribution < -0.4 is 11.1 Å². The van der Waals surface area contributed by atoms with Crippen LogP contribution in [0.1, 0.15) is 18.4 Å². The van der Waals surface area contributed by atoms with Gasteiger partial charge in [-0.2, -0.15) is 0 Å². The van der Waals surface area contributed by atoms with Gasteiger partial charge in [-0.1, -0.05) is 17.7 Å². The maximum Gasteiger partial charge on any atom is 0.224 e. The highest BCUT2D eigenvalue weighted by molar-refractivity contribution is 6.31. The van der Waals surface area contributed by atoms with Crippen LogP contribution in [0.2, 0.25) is 5.02 Å². The van der Waals surface area contributed by atoms with Crippen LogP contribution in [0.25, 0.3) is 0 Å². The number of carbonyl (C=O) groups excluding carboxylic acids is 1. The molecule has 3 nitrogen and oxygen atoms in total. The van der Waals surface area contributed by atoms with Crippen LogP contribution in [0.3, 0.4) is 0 Å². The number of halogens is 3. The Morgan fingerprint density at radius 1 is 1.39 bits per heavy atom. The Kier molecular flexibility index (Phi) is 8.71. The van der Waals surface area contributed by atoms with Gasteiger partial charge in [0.15, 0.2) is 0 Å². The van der Waals surface area contributed by atoms with Crippen LogP contribution in [0.5, 0.6) is 0 Å². The number of nitrogens with two attached hydrogens (primary N) is 1. The predicted octanol–water partition coefficient (Wildman–Crippen LogP) is 2.30. The third-order valence-electron chi connectivity index (χ3n) is 2.35. The minimum absolute atomic E-state index is 0. The van der Waals surface area contributed by atoms with Gasteiger partial charge < -0.3 is 11.1 Å². The molecule has 0 aliphatic rings. The summed E-state index contributed by atoms with van der Waals surface area (Å²) in [4.78, 5) is 11.5. The van der Waals surface area contributed by atoms with Gasteiger partial charge in [0.2, 0.25) is 5.91 Å². The van der Waals surface area contributed by atoms with Gasteiger partial charge in [0, 0.05) is 17.1 Å². The summed E-state index contributed by atoms with van der Waals surface area (Å²) < 4.78 is 13.4. The number of unbranched alkanes of at least 4 members (excludes halogenated alkanes) is 1. The Morgan fingerprint density at radius 3 is 2.72 bits per heavy atom. The molecule has 0 aliphatic carbocycles. The third-order valence-corrected chi connectivity index (χ3v) is 2.71. The zero-order valence-corrected chi connectivity index (χ0v) is 11.5. The second-order valence-corrected chi connectivity index (χ2v) is 4.13. The van der Waals surface area contributed by atoms with Crippen molar-refractivity contribution in [3.8, 4) is 0 Å². The molecule has 102 valence electrons. The Bertz CT molecular complexity index is 368. The van der Waals surface area contributed by atoms with Crippen molar-refractivity contribution in [3.63, 3.8) is 0 Å². The van der Waals surface area contributed by atoms with E-state index in [0.717, 1.165) is 12.8 Å². The largest absolute Gasteiger partial charge is 0.356 e. The van der Waals surface area contributed by atoms with Crippen LogP contribution in [0.4, 0.5) is 4.39 Å². The van der Waals surface area contributed by atoms with Crippen LogP contribution in [-0.4, -0.2) is 19.0 Å². The SMILES string of the molecule is Cl.NCCCCNC(=O)Cc1c(F)cccc1Cl. The highest BCUT2D eigenvalue weighted by atomic mass is 35.5. The van der Waals surface area contributed by atoms with E-state index in [1.54, 1.807) is 6.07 Å². The summed E-state index contributed by atoms with van der Waals surface area (Å²) in [5.41, 5.74) is 5.57. The fraction of sp³-hybridized carbons (Fsp3) is 0.417. The molecule has 1 aromatic rings. The summed E-state index contributed by atoms with van der Waals surface area (Å²) in [5, 5.41) is 2.98. The maximum atomic E-state index is 13.4. The maximum absolute atomic E-state index is 13.4. The van der Waals surface area contributed by atoms with E-state index in [1.165, 1.54) is 12.1 Å². The molecule has 1 amide bonds. The van der Waals surface area contributed by atoms with E-state index in [4.69, 9.17) is 17.3 Å². The monoisotopic (exact) mass is 294 g/mol. The standard InChI is InChI=1S/C12H16ClFN2O.ClH/c13-10-4-3-5-11(14)9(10)8-12(17)16-7-2-1-6-15;/h3-5H,1-2,6-8,15H2,(H,16,17);1H. The van der Waals surface area contributed by atoms with Crippen molar-refractivity contribution in [3.05, 3.63) is 34.6 Å². The lowest BCUT2D eigenvalue weighted by molar-refractivity contribution is -0.120. The van der Waals surface area contributed by atoms with Gasteiger partial charge >= 0.3 is 0 Å². The summed E-state index contributed by atoms with van der Waals surface area (Å²) in [6.45, 7) is 1.16. The zero-order chi connectivity index (χ0) is 12.7. The van der Waals surface area contributed by atoms with Gasteiger partial charge in [-0.3, -0.25) is 4.79 Å². The van der Waals surface area contributed by atoms with Crippen LogP contribution in [0, 0.1) is 5.82 Å². The molecule has 0 aliphatic heterocycles. The highest BCUT2D eigenvalue weighted by Crippen LogP contribution is 2.19. The van der Waals surface area contributed by atoms with E-state index in [-0.39, 0.29) is 35.3 Å². The molecule has 1 aromatic carbocycles. The van der Waals surface area contributed by atoms with Gasteiger partial charge in [-0.15, -0.1) is 12.4 Å². The minimum Gasteiger partial charge on any atom is -0.356 e. The molecule has 18 heavy (non-hydrogen) atoms. The normalized spacial score (nSPS) is 9.72. The van der Waals surface area contributed by atoms with Crippen molar-refractivity contribution in [2.45, 2.75) is 19.3 Å². The van der Waals surface area contributed by atoms with Gasteiger partial charge in [-0.05, 0) is 31.5 Å². The molecule has 0 saturated carbocycles. The predicted molar refractivity (Wildman–Crippen MR) is 73.7 cm³/mol. The minimum atomic E-state index is -0.449.